The van der Waals surface area contributed by atoms with E-state index < -0.39 is 5.41 Å². The topological polar surface area (TPSA) is 38.3 Å². The van der Waals surface area contributed by atoms with Crippen LogP contribution in [0.2, 0.25) is 0 Å². The summed E-state index contributed by atoms with van der Waals surface area (Å²) in [6.45, 7) is 3.79. The maximum Gasteiger partial charge on any atom is 0.313 e. The second-order valence-electron chi connectivity index (χ2n) is 5.57. The minimum Gasteiger partial charge on any atom is -0.469 e. The van der Waals surface area contributed by atoms with Crippen molar-refractivity contribution in [1.29, 1.82) is 0 Å². The fraction of sp³-hybridized carbons (Fsp3) is 0.278. The van der Waals surface area contributed by atoms with Gasteiger partial charge in [0.1, 0.15) is 0 Å². The lowest BCUT2D eigenvalue weighted by Crippen LogP contribution is -2.36. The van der Waals surface area contributed by atoms with Gasteiger partial charge in [-0.3, -0.25) is 4.79 Å². The standard InChI is InChI=1S/C18H21NO2/c1-18(2,17(20)21-3)16(14-10-6-4-7-11-14)19-15-12-8-5-9-13-15/h4-13,16,19H,1-3H3/t16-/m0/s1. The number of carbonyl (C=O) groups excluding carboxylic acids is 1. The lowest BCUT2D eigenvalue weighted by atomic mass is 9.80. The molecule has 110 valence electrons. The Bertz CT molecular complexity index is 579. The molecule has 0 saturated heterocycles. The summed E-state index contributed by atoms with van der Waals surface area (Å²) in [5, 5.41) is 3.45. The van der Waals surface area contributed by atoms with Crippen molar-refractivity contribution in [2.24, 2.45) is 5.41 Å². The second-order valence-corrected chi connectivity index (χ2v) is 5.57. The van der Waals surface area contributed by atoms with Crippen molar-refractivity contribution in [2.45, 2.75) is 19.9 Å². The van der Waals surface area contributed by atoms with Crippen LogP contribution in [0.15, 0.2) is 60.7 Å². The van der Waals surface area contributed by atoms with Gasteiger partial charge in [-0.05, 0) is 31.5 Å². The molecule has 0 spiro atoms. The Morgan fingerprint density at radius 2 is 1.52 bits per heavy atom. The van der Waals surface area contributed by atoms with Gasteiger partial charge in [0.2, 0.25) is 0 Å². The lowest BCUT2D eigenvalue weighted by molar-refractivity contribution is -0.151. The SMILES string of the molecule is COC(=O)C(C)(C)[C@@H](Nc1ccccc1)c1ccccc1. The number of carbonyl (C=O) groups is 1. The molecule has 0 bridgehead atoms. The van der Waals surface area contributed by atoms with Gasteiger partial charge < -0.3 is 10.1 Å². The van der Waals surface area contributed by atoms with Crippen LogP contribution in [-0.4, -0.2) is 13.1 Å². The van der Waals surface area contributed by atoms with Crippen LogP contribution in [0.3, 0.4) is 0 Å². The molecule has 1 N–H and O–H groups in total. The minimum absolute atomic E-state index is 0.173. The van der Waals surface area contributed by atoms with E-state index in [-0.39, 0.29) is 12.0 Å². The van der Waals surface area contributed by atoms with Crippen molar-refractivity contribution >= 4 is 11.7 Å². The van der Waals surface area contributed by atoms with E-state index in [2.05, 4.69) is 5.32 Å². The Kier molecular flexibility index (Phi) is 4.63. The Balaban J connectivity index is 2.38. The fourth-order valence-electron chi connectivity index (χ4n) is 2.41. The third-order valence-electron chi connectivity index (χ3n) is 3.65. The summed E-state index contributed by atoms with van der Waals surface area (Å²) in [6, 6.07) is 19.7. The van der Waals surface area contributed by atoms with E-state index in [4.69, 9.17) is 4.74 Å². The molecule has 0 unspecified atom stereocenters. The van der Waals surface area contributed by atoms with Crippen LogP contribution < -0.4 is 5.32 Å². The monoisotopic (exact) mass is 283 g/mol. The molecule has 0 aliphatic rings. The highest BCUT2D eigenvalue weighted by Crippen LogP contribution is 2.37. The van der Waals surface area contributed by atoms with E-state index in [9.17, 15) is 4.79 Å². The number of esters is 1. The number of hydrogen-bond acceptors (Lipinski definition) is 3. The molecule has 21 heavy (non-hydrogen) atoms. The number of anilines is 1. The summed E-state index contributed by atoms with van der Waals surface area (Å²) >= 11 is 0. The van der Waals surface area contributed by atoms with E-state index in [0.29, 0.717) is 0 Å². The molecule has 0 amide bonds. The molecule has 3 nitrogen and oxygen atoms in total. The summed E-state index contributed by atoms with van der Waals surface area (Å²) in [6.07, 6.45) is 0. The first-order valence-electron chi connectivity index (χ1n) is 7.00. The van der Waals surface area contributed by atoms with Crippen molar-refractivity contribution in [3.8, 4) is 0 Å². The van der Waals surface area contributed by atoms with Crippen molar-refractivity contribution in [2.75, 3.05) is 12.4 Å². The third kappa shape index (κ3) is 3.43. The van der Waals surface area contributed by atoms with Crippen molar-refractivity contribution in [3.63, 3.8) is 0 Å². The average Bonchev–Trinajstić information content (AvgIpc) is 2.53. The highest BCUT2D eigenvalue weighted by Gasteiger charge is 2.39. The molecule has 0 heterocycles. The van der Waals surface area contributed by atoms with Crippen LogP contribution in [0.5, 0.6) is 0 Å². The van der Waals surface area contributed by atoms with Crippen molar-refractivity contribution in [1.82, 2.24) is 0 Å². The van der Waals surface area contributed by atoms with Crippen LogP contribution in [0.1, 0.15) is 25.5 Å². The zero-order chi connectivity index (χ0) is 15.3. The van der Waals surface area contributed by atoms with Crippen LogP contribution in [0, 0.1) is 5.41 Å². The molecule has 2 aromatic carbocycles. The normalized spacial score (nSPS) is 12.5. The summed E-state index contributed by atoms with van der Waals surface area (Å²) in [7, 11) is 1.43. The first-order valence-corrected chi connectivity index (χ1v) is 7.00. The van der Waals surface area contributed by atoms with Gasteiger partial charge in [0.25, 0.3) is 0 Å². The number of benzene rings is 2. The van der Waals surface area contributed by atoms with Crippen LogP contribution in [-0.2, 0) is 9.53 Å². The fourth-order valence-corrected chi connectivity index (χ4v) is 2.41. The van der Waals surface area contributed by atoms with Crippen LogP contribution in [0.25, 0.3) is 0 Å². The maximum atomic E-state index is 12.2. The van der Waals surface area contributed by atoms with E-state index in [1.807, 2.05) is 74.5 Å². The van der Waals surface area contributed by atoms with E-state index in [0.717, 1.165) is 11.3 Å². The quantitative estimate of drug-likeness (QED) is 0.842. The Labute approximate surface area is 126 Å². The summed E-state index contributed by atoms with van der Waals surface area (Å²) < 4.78 is 4.98. The summed E-state index contributed by atoms with van der Waals surface area (Å²) in [5.41, 5.74) is 1.34. The number of ether oxygens (including phenoxy) is 1. The first kappa shape index (κ1) is 15.1. The van der Waals surface area contributed by atoms with Gasteiger partial charge in [-0.1, -0.05) is 48.5 Å². The van der Waals surface area contributed by atoms with E-state index in [1.54, 1.807) is 0 Å². The Morgan fingerprint density at radius 3 is 2.05 bits per heavy atom. The number of para-hydroxylation sites is 1. The predicted molar refractivity (Wildman–Crippen MR) is 85.0 cm³/mol. The number of rotatable bonds is 5. The highest BCUT2D eigenvalue weighted by atomic mass is 16.5. The van der Waals surface area contributed by atoms with Gasteiger partial charge in [0, 0.05) is 5.69 Å². The second kappa shape index (κ2) is 6.44. The van der Waals surface area contributed by atoms with E-state index >= 15 is 0 Å². The zero-order valence-corrected chi connectivity index (χ0v) is 12.7. The van der Waals surface area contributed by atoms with Crippen molar-refractivity contribution < 1.29 is 9.53 Å². The molecule has 0 saturated carbocycles. The maximum absolute atomic E-state index is 12.2. The third-order valence-corrected chi connectivity index (χ3v) is 3.65. The van der Waals surface area contributed by atoms with Crippen molar-refractivity contribution in [3.05, 3.63) is 66.2 Å². The molecule has 0 fully saturated rings. The molecule has 1 atom stereocenters. The zero-order valence-electron chi connectivity index (χ0n) is 12.7. The molecule has 0 aliphatic heterocycles. The van der Waals surface area contributed by atoms with Gasteiger partial charge in [-0.2, -0.15) is 0 Å². The smallest absolute Gasteiger partial charge is 0.313 e. The Hall–Kier alpha value is -2.29. The lowest BCUT2D eigenvalue weighted by Gasteiger charge is -2.33. The predicted octanol–water partition coefficient (Wildman–Crippen LogP) is 4.04. The summed E-state index contributed by atoms with van der Waals surface area (Å²) in [4.78, 5) is 12.2. The molecule has 2 rings (SSSR count). The Morgan fingerprint density at radius 1 is 1.00 bits per heavy atom. The number of nitrogens with one attached hydrogen (secondary N) is 1. The van der Waals surface area contributed by atoms with Crippen LogP contribution >= 0.6 is 0 Å². The summed E-state index contributed by atoms with van der Waals surface area (Å²) in [5.74, 6) is -0.236. The molecule has 0 aliphatic carbocycles. The largest absolute Gasteiger partial charge is 0.469 e. The van der Waals surface area contributed by atoms with Crippen LogP contribution in [0.4, 0.5) is 5.69 Å². The molecule has 0 radical (unpaired) electrons. The average molecular weight is 283 g/mol. The van der Waals surface area contributed by atoms with Gasteiger partial charge in [0.05, 0.1) is 18.6 Å². The van der Waals surface area contributed by atoms with E-state index in [1.165, 1.54) is 7.11 Å². The van der Waals surface area contributed by atoms with Gasteiger partial charge in [-0.25, -0.2) is 0 Å². The first-order chi connectivity index (χ1) is 10.1. The molecule has 2 aromatic rings. The molecule has 0 aromatic heterocycles. The number of hydrogen-bond donors (Lipinski definition) is 1. The molecular formula is C18H21NO2. The van der Waals surface area contributed by atoms with Gasteiger partial charge in [0.15, 0.2) is 0 Å². The molecule has 3 heteroatoms. The van der Waals surface area contributed by atoms with Gasteiger partial charge >= 0.3 is 5.97 Å². The highest BCUT2D eigenvalue weighted by molar-refractivity contribution is 5.78. The minimum atomic E-state index is -0.689. The van der Waals surface area contributed by atoms with Gasteiger partial charge in [-0.15, -0.1) is 0 Å². The molecular weight excluding hydrogens is 262 g/mol. The number of methoxy groups -OCH3 is 1.